The van der Waals surface area contributed by atoms with Crippen molar-refractivity contribution in [3.05, 3.63) is 194 Å². The second kappa shape index (κ2) is 56.1. The first-order chi connectivity index (χ1) is 41.5. The first-order valence-electron chi connectivity index (χ1n) is 27.3. The van der Waals surface area contributed by atoms with E-state index in [1.807, 2.05) is 106 Å². The maximum Gasteiger partial charge on any atom is 0.296 e. The number of carbonyl (C=O) groups excluding carboxylic acids is 6. The summed E-state index contributed by atoms with van der Waals surface area (Å²) < 4.78 is 111. The summed E-state index contributed by atoms with van der Waals surface area (Å²) in [5.74, 6) is 2.05. The lowest BCUT2D eigenvalue weighted by molar-refractivity contribution is -0.445. The van der Waals surface area contributed by atoms with Crippen molar-refractivity contribution in [2.24, 2.45) is 5.92 Å². The topological polar surface area (TPSA) is 297 Å². The van der Waals surface area contributed by atoms with Crippen LogP contribution in [-0.4, -0.2) is 120 Å². The standard InChI is InChI=1S/C8H7FO.2C8H8O.C7H7FO3S.C6H6O2.C6H6OS.C5H8O.C4H10O3S.C4H10O2S.C4H10OS.C2H6.CH3NO2.CH4/c1-6(10)7-2-4-8(9)5-3-7;2*1-7(9)8-5-3-2-4-6-8;1-11-12(9,10)7-4-2-6(8)3-5-7;2*1-5(7)6-3-2-4-8-6;1-4(6)5-2-3-5;1-3-4-8(5,6)7-2;1-3-4-7(2,5)6;1-3-4-6(2)5;1-2;1-2(3)4;/h2-5H,1H3;2*2-6H,1H3;2-5H,1H3;2*2-4H,1H3;5H,2-3H2,1H3;3-4H2,1-2H3;3-4H2,1-2H3;3-4H2,1-2H3;1-2H3;1H3;1H4. The van der Waals surface area contributed by atoms with Crippen LogP contribution in [-0.2, 0) is 54.0 Å². The number of carbonyl (C=O) groups is 6. The minimum Gasteiger partial charge on any atom is -0.461 e. The smallest absolute Gasteiger partial charge is 0.296 e. The number of thiophene rings is 1. The molecule has 1 unspecified atom stereocenters. The monoisotopic (exact) mass is 1360 g/mol. The molecule has 0 amide bonds. The molecule has 0 aliphatic heterocycles. The second-order valence-corrected chi connectivity index (χ2v) is 26.0. The molecular formula is C64H93F2NO18S5. The molecule has 19 nitrogen and oxygen atoms in total. The summed E-state index contributed by atoms with van der Waals surface area (Å²) in [4.78, 5) is 72.2. The van der Waals surface area contributed by atoms with E-state index < -0.39 is 51.6 Å². The highest BCUT2D eigenvalue weighted by Crippen LogP contribution is 2.29. The Kier molecular flexibility index (Phi) is 58.7. The SMILES string of the molecule is C.CC.CC(=O)C1CC1.CC(=O)c1ccc(F)cc1.CC(=O)c1ccccc1.CC(=O)c1ccccc1.CC(=O)c1ccco1.CC(=O)c1cccs1.CCCS(=O)(=O)OC.CCCS(C)(=O)=O.CCCS(C)=O.COS(=O)(=O)c1ccc(F)cc1.C[N+](=O)[O-]. The number of halogens is 2. The van der Waals surface area contributed by atoms with E-state index in [1.165, 1.54) is 69.1 Å². The number of hydrogen-bond donors (Lipinski definition) is 0. The van der Waals surface area contributed by atoms with Crippen molar-refractivity contribution in [2.75, 3.05) is 51.0 Å². The minimum atomic E-state index is -3.68. The van der Waals surface area contributed by atoms with Gasteiger partial charge in [-0.25, -0.2) is 17.2 Å². The van der Waals surface area contributed by atoms with Gasteiger partial charge in [-0.3, -0.25) is 51.5 Å². The van der Waals surface area contributed by atoms with Crippen LogP contribution in [0.4, 0.5) is 8.78 Å². The van der Waals surface area contributed by atoms with Gasteiger partial charge in [0.1, 0.15) is 27.3 Å². The summed E-state index contributed by atoms with van der Waals surface area (Å²) in [5, 5.41) is 10.7. The highest BCUT2D eigenvalue weighted by molar-refractivity contribution is 7.90. The lowest BCUT2D eigenvalue weighted by Crippen LogP contribution is -2.05. The summed E-state index contributed by atoms with van der Waals surface area (Å²) in [6, 6.07) is 35.4. The Morgan fingerprint density at radius 1 is 0.600 bits per heavy atom. The number of hydrogen-bond acceptors (Lipinski definition) is 19. The van der Waals surface area contributed by atoms with E-state index in [4.69, 9.17) is 14.5 Å². The molecule has 2 aromatic heterocycles. The fourth-order valence-corrected chi connectivity index (χ4v) is 8.44. The molecule has 26 heteroatoms. The third kappa shape index (κ3) is 60.0. The molecule has 0 N–H and O–H groups in total. The molecule has 1 saturated carbocycles. The Morgan fingerprint density at radius 3 is 1.18 bits per heavy atom. The maximum absolute atomic E-state index is 12.3. The van der Waals surface area contributed by atoms with Crippen LogP contribution in [0.25, 0.3) is 0 Å². The lowest BCUT2D eigenvalue weighted by atomic mass is 10.1. The summed E-state index contributed by atoms with van der Waals surface area (Å²) in [7, 11) is -6.98. The van der Waals surface area contributed by atoms with Gasteiger partial charge < -0.3 is 4.42 Å². The minimum absolute atomic E-state index is 0. The predicted molar refractivity (Wildman–Crippen MR) is 358 cm³/mol. The molecule has 0 spiro atoms. The number of Topliss-reactive ketones (excluding diaryl/α,β-unsaturated/α-hetero) is 6. The molecule has 2 heterocycles. The largest absolute Gasteiger partial charge is 0.461 e. The fraction of sp³-hybridized carbons (Fsp3) is 0.406. The third-order valence-corrected chi connectivity index (χ3v) is 15.4. The average molecular weight is 1360 g/mol. The molecule has 6 aromatic rings. The van der Waals surface area contributed by atoms with Gasteiger partial charge in [-0.2, -0.15) is 16.8 Å². The predicted octanol–water partition coefficient (Wildman–Crippen LogP) is 14.5. The zero-order valence-corrected chi connectivity index (χ0v) is 57.8. The van der Waals surface area contributed by atoms with Gasteiger partial charge in [0.25, 0.3) is 20.2 Å². The number of furan rings is 1. The zero-order valence-electron chi connectivity index (χ0n) is 53.7. The molecule has 506 valence electrons. The Balaban J connectivity index is -0.000000217. The summed E-state index contributed by atoms with van der Waals surface area (Å²) in [6.45, 7) is 19.0. The molecule has 1 fully saturated rings. The van der Waals surface area contributed by atoms with Gasteiger partial charge in [0.2, 0.25) is 0 Å². The molecule has 90 heavy (non-hydrogen) atoms. The Hall–Kier alpha value is -6.94. The van der Waals surface area contributed by atoms with Gasteiger partial charge in [-0.15, -0.1) is 11.3 Å². The van der Waals surface area contributed by atoms with Crippen molar-refractivity contribution in [1.82, 2.24) is 0 Å². The molecule has 4 aromatic carbocycles. The van der Waals surface area contributed by atoms with E-state index >= 15 is 0 Å². The summed E-state index contributed by atoms with van der Waals surface area (Å²) >= 11 is 1.48. The van der Waals surface area contributed by atoms with Crippen LogP contribution in [0.2, 0.25) is 0 Å². The van der Waals surface area contributed by atoms with Gasteiger partial charge in [-0.05, 0) is 139 Å². The van der Waals surface area contributed by atoms with Crippen LogP contribution in [0.5, 0.6) is 0 Å². The number of rotatable bonds is 15. The molecule has 0 saturated heterocycles. The Labute approximate surface area is 540 Å². The van der Waals surface area contributed by atoms with E-state index in [2.05, 4.69) is 8.37 Å². The fourth-order valence-electron chi connectivity index (χ4n) is 5.17. The average Bonchev–Trinajstić information content (AvgIpc) is 2.69. The van der Waals surface area contributed by atoms with Crippen molar-refractivity contribution in [3.8, 4) is 0 Å². The van der Waals surface area contributed by atoms with Crippen LogP contribution in [0.1, 0.15) is 167 Å². The maximum atomic E-state index is 12.3. The van der Waals surface area contributed by atoms with Crippen molar-refractivity contribution in [1.29, 1.82) is 0 Å². The van der Waals surface area contributed by atoms with E-state index in [0.717, 1.165) is 85.9 Å². The molecule has 0 bridgehead atoms. The van der Waals surface area contributed by atoms with Gasteiger partial charge in [0.15, 0.2) is 41.7 Å². The third-order valence-electron chi connectivity index (χ3n) is 9.60. The number of nitro groups is 1. The zero-order chi connectivity index (χ0) is 69.8. The van der Waals surface area contributed by atoms with Crippen molar-refractivity contribution in [2.45, 2.75) is 121 Å². The van der Waals surface area contributed by atoms with Crippen LogP contribution in [0.15, 0.2) is 154 Å². The molecule has 1 aliphatic carbocycles. The van der Waals surface area contributed by atoms with Crippen LogP contribution >= 0.6 is 11.3 Å². The number of nitrogens with zero attached hydrogens (tertiary/aromatic N) is 1. The number of benzene rings is 4. The Morgan fingerprint density at radius 2 is 1.00 bits per heavy atom. The molecule has 0 radical (unpaired) electrons. The first-order valence-corrected chi connectivity index (χ1v) is 35.0. The summed E-state index contributed by atoms with van der Waals surface area (Å²) in [6.07, 6.45) is 9.11. The lowest BCUT2D eigenvalue weighted by Gasteiger charge is -1.99. The van der Waals surface area contributed by atoms with Gasteiger partial charge in [0.05, 0.1) is 36.0 Å². The first kappa shape index (κ1) is 94.2. The van der Waals surface area contributed by atoms with Crippen molar-refractivity contribution in [3.63, 3.8) is 0 Å². The van der Waals surface area contributed by atoms with Crippen molar-refractivity contribution >= 4 is 86.9 Å². The molecule has 7 rings (SSSR count). The van der Waals surface area contributed by atoms with Gasteiger partial charge in [0, 0.05) is 69.3 Å². The van der Waals surface area contributed by atoms with Gasteiger partial charge in [-0.1, -0.05) is 109 Å². The molecule has 1 aliphatic rings. The normalized spacial score (nSPS) is 10.6. The molecule has 1 atom stereocenters. The van der Waals surface area contributed by atoms with E-state index in [1.54, 1.807) is 53.0 Å². The van der Waals surface area contributed by atoms with E-state index in [9.17, 15) is 67.0 Å². The van der Waals surface area contributed by atoms with Crippen molar-refractivity contribution < 1.29 is 84.7 Å². The molecular weight excluding hydrogens is 1270 g/mol. The number of ketones is 6. The summed E-state index contributed by atoms with van der Waals surface area (Å²) in [5.41, 5.74) is 2.09. The quantitative estimate of drug-likeness (QED) is 0.0399. The highest BCUT2D eigenvalue weighted by atomic mass is 32.2. The van der Waals surface area contributed by atoms with Gasteiger partial charge >= 0.3 is 0 Å². The number of sulfone groups is 1. The van der Waals surface area contributed by atoms with Crippen LogP contribution in [0, 0.1) is 27.7 Å². The van der Waals surface area contributed by atoms with Crippen LogP contribution in [0.3, 0.4) is 0 Å². The van der Waals surface area contributed by atoms with E-state index in [-0.39, 0.29) is 52.8 Å². The highest BCUT2D eigenvalue weighted by Gasteiger charge is 2.25. The van der Waals surface area contributed by atoms with Crippen LogP contribution < -0.4 is 0 Å². The van der Waals surface area contributed by atoms with E-state index in [0.29, 0.717) is 35.2 Å². The second-order valence-electron chi connectivity index (χ2n) is 17.7. The Bertz CT molecular complexity index is 3130.